The molecular formula is C28H35N7O4. The zero-order valence-corrected chi connectivity index (χ0v) is 22.4. The number of H-pyrrole nitrogens is 1. The molecule has 1 aromatic carbocycles. The van der Waals surface area contributed by atoms with E-state index in [1.807, 2.05) is 13.8 Å². The molecule has 11 heteroatoms. The summed E-state index contributed by atoms with van der Waals surface area (Å²) in [5.74, 6) is 0.347. The topological polar surface area (TPSA) is 133 Å². The van der Waals surface area contributed by atoms with Crippen LogP contribution in [0.4, 0.5) is 5.95 Å². The SMILES string of the molecule is CC(C)[C@H](NC(=O)c1nc2ccccc2[nH]c1=O)C(=O)N1CCC(Oc2cnc(N3CCCCC3)nc2)CC1. The Balaban J connectivity index is 1.17. The van der Waals surface area contributed by atoms with Gasteiger partial charge in [0, 0.05) is 39.0 Å². The van der Waals surface area contributed by atoms with Gasteiger partial charge in [-0.15, -0.1) is 0 Å². The van der Waals surface area contributed by atoms with E-state index in [9.17, 15) is 14.4 Å². The lowest BCUT2D eigenvalue weighted by molar-refractivity contribution is -0.136. The number of ether oxygens (including phenoxy) is 1. The molecule has 0 radical (unpaired) electrons. The number of nitrogens with zero attached hydrogens (tertiary/aromatic N) is 5. The van der Waals surface area contributed by atoms with Gasteiger partial charge in [-0.2, -0.15) is 0 Å². The molecule has 2 aliphatic heterocycles. The number of fused-ring (bicyclic) bond motifs is 1. The number of anilines is 1. The highest BCUT2D eigenvalue weighted by molar-refractivity contribution is 5.97. The average molecular weight is 534 g/mol. The van der Waals surface area contributed by atoms with Gasteiger partial charge >= 0.3 is 0 Å². The molecule has 11 nitrogen and oxygen atoms in total. The van der Waals surface area contributed by atoms with Crippen LogP contribution < -0.4 is 20.5 Å². The third-order valence-corrected chi connectivity index (χ3v) is 7.34. The summed E-state index contributed by atoms with van der Waals surface area (Å²) in [5.41, 5.74) is 0.202. The maximum absolute atomic E-state index is 13.4. The van der Waals surface area contributed by atoms with Gasteiger partial charge in [-0.25, -0.2) is 15.0 Å². The molecule has 39 heavy (non-hydrogen) atoms. The van der Waals surface area contributed by atoms with Gasteiger partial charge in [-0.1, -0.05) is 26.0 Å². The van der Waals surface area contributed by atoms with Crippen LogP contribution in [0.5, 0.6) is 5.75 Å². The number of nitrogens with one attached hydrogen (secondary N) is 2. The molecule has 5 rings (SSSR count). The molecule has 0 aliphatic carbocycles. The van der Waals surface area contributed by atoms with Crippen molar-refractivity contribution in [3.63, 3.8) is 0 Å². The molecule has 2 fully saturated rings. The summed E-state index contributed by atoms with van der Waals surface area (Å²) < 4.78 is 6.11. The minimum Gasteiger partial charge on any atom is -0.487 e. The number of likely N-dealkylation sites (tertiary alicyclic amines) is 1. The van der Waals surface area contributed by atoms with Crippen molar-refractivity contribution in [2.75, 3.05) is 31.1 Å². The summed E-state index contributed by atoms with van der Waals surface area (Å²) >= 11 is 0. The number of rotatable bonds is 7. The van der Waals surface area contributed by atoms with Gasteiger partial charge in [-0.05, 0) is 37.3 Å². The fourth-order valence-corrected chi connectivity index (χ4v) is 5.12. The van der Waals surface area contributed by atoms with Crippen molar-refractivity contribution in [3.05, 3.63) is 52.7 Å². The third kappa shape index (κ3) is 6.18. The summed E-state index contributed by atoms with van der Waals surface area (Å²) in [6.07, 6.45) is 8.30. The van der Waals surface area contributed by atoms with Crippen molar-refractivity contribution in [1.29, 1.82) is 0 Å². The Labute approximate surface area is 227 Å². The van der Waals surface area contributed by atoms with Crippen molar-refractivity contribution in [2.24, 2.45) is 5.92 Å². The first kappa shape index (κ1) is 26.6. The Kier molecular flexibility index (Phi) is 8.04. The Bertz CT molecular complexity index is 1360. The quantitative estimate of drug-likeness (QED) is 0.473. The lowest BCUT2D eigenvalue weighted by Crippen LogP contribution is -2.54. The number of aromatic amines is 1. The van der Waals surface area contributed by atoms with E-state index in [0.717, 1.165) is 19.0 Å². The summed E-state index contributed by atoms with van der Waals surface area (Å²) in [4.78, 5) is 58.7. The van der Waals surface area contributed by atoms with Crippen LogP contribution in [0.2, 0.25) is 0 Å². The summed E-state index contributed by atoms with van der Waals surface area (Å²) in [6.45, 7) is 6.71. The number of piperidine rings is 2. The first-order valence-electron chi connectivity index (χ1n) is 13.7. The second-order valence-corrected chi connectivity index (χ2v) is 10.5. The van der Waals surface area contributed by atoms with E-state index in [2.05, 4.69) is 30.2 Å². The predicted octanol–water partition coefficient (Wildman–Crippen LogP) is 2.53. The Morgan fingerprint density at radius 2 is 1.72 bits per heavy atom. The Hall–Kier alpha value is -4.02. The van der Waals surface area contributed by atoms with Crippen LogP contribution in [-0.4, -0.2) is 75.0 Å². The van der Waals surface area contributed by atoms with E-state index in [0.29, 0.717) is 42.7 Å². The first-order chi connectivity index (χ1) is 18.9. The molecule has 2 amide bonds. The van der Waals surface area contributed by atoms with E-state index >= 15 is 0 Å². The molecular weight excluding hydrogens is 498 g/mol. The number of benzene rings is 1. The summed E-state index contributed by atoms with van der Waals surface area (Å²) in [5, 5.41) is 2.75. The maximum atomic E-state index is 13.4. The molecule has 2 N–H and O–H groups in total. The molecule has 0 unspecified atom stereocenters. The molecule has 1 atom stereocenters. The zero-order valence-electron chi connectivity index (χ0n) is 22.4. The van der Waals surface area contributed by atoms with Crippen LogP contribution in [0, 0.1) is 5.92 Å². The minimum absolute atomic E-state index is 0.0501. The molecule has 4 heterocycles. The maximum Gasteiger partial charge on any atom is 0.280 e. The Morgan fingerprint density at radius 3 is 2.41 bits per heavy atom. The number of amides is 2. The number of carbonyl (C=O) groups excluding carboxylic acids is 2. The summed E-state index contributed by atoms with van der Waals surface area (Å²) in [7, 11) is 0. The molecule has 206 valence electrons. The highest BCUT2D eigenvalue weighted by Crippen LogP contribution is 2.22. The van der Waals surface area contributed by atoms with Crippen molar-refractivity contribution < 1.29 is 14.3 Å². The molecule has 2 aliphatic rings. The number of hydrogen-bond acceptors (Lipinski definition) is 8. The predicted molar refractivity (Wildman–Crippen MR) is 147 cm³/mol. The fraction of sp³-hybridized carbons (Fsp3) is 0.500. The average Bonchev–Trinajstić information content (AvgIpc) is 2.96. The van der Waals surface area contributed by atoms with Crippen LogP contribution in [0.15, 0.2) is 41.5 Å². The van der Waals surface area contributed by atoms with Crippen LogP contribution in [-0.2, 0) is 4.79 Å². The number of hydrogen-bond donors (Lipinski definition) is 2. The fourth-order valence-electron chi connectivity index (χ4n) is 5.12. The highest BCUT2D eigenvalue weighted by Gasteiger charge is 2.33. The molecule has 2 saturated heterocycles. The van der Waals surface area contributed by atoms with E-state index in [1.54, 1.807) is 41.6 Å². The van der Waals surface area contributed by atoms with E-state index in [1.165, 1.54) is 19.3 Å². The van der Waals surface area contributed by atoms with E-state index in [-0.39, 0.29) is 23.6 Å². The second-order valence-electron chi connectivity index (χ2n) is 10.5. The van der Waals surface area contributed by atoms with Crippen molar-refractivity contribution in [3.8, 4) is 5.75 Å². The minimum atomic E-state index is -0.779. The summed E-state index contributed by atoms with van der Waals surface area (Å²) in [6, 6.07) is 6.21. The highest BCUT2D eigenvalue weighted by atomic mass is 16.5. The molecule has 2 aromatic heterocycles. The third-order valence-electron chi connectivity index (χ3n) is 7.34. The van der Waals surface area contributed by atoms with Gasteiger partial charge in [0.25, 0.3) is 11.5 Å². The van der Waals surface area contributed by atoms with Gasteiger partial charge in [-0.3, -0.25) is 14.4 Å². The Morgan fingerprint density at radius 1 is 1.03 bits per heavy atom. The first-order valence-corrected chi connectivity index (χ1v) is 13.7. The van der Waals surface area contributed by atoms with Gasteiger partial charge in [0.1, 0.15) is 12.1 Å². The van der Waals surface area contributed by atoms with Crippen LogP contribution in [0.3, 0.4) is 0 Å². The largest absolute Gasteiger partial charge is 0.487 e. The zero-order chi connectivity index (χ0) is 27.4. The van der Waals surface area contributed by atoms with Gasteiger partial charge in [0.05, 0.1) is 23.4 Å². The van der Waals surface area contributed by atoms with Gasteiger partial charge in [0.2, 0.25) is 11.9 Å². The smallest absolute Gasteiger partial charge is 0.280 e. The molecule has 0 bridgehead atoms. The monoisotopic (exact) mass is 533 g/mol. The van der Waals surface area contributed by atoms with E-state index < -0.39 is 17.5 Å². The van der Waals surface area contributed by atoms with Crippen molar-refractivity contribution >= 4 is 28.8 Å². The number of para-hydroxylation sites is 2. The van der Waals surface area contributed by atoms with Crippen LogP contribution in [0.1, 0.15) is 56.4 Å². The van der Waals surface area contributed by atoms with Gasteiger partial charge in [0.15, 0.2) is 11.4 Å². The lowest BCUT2D eigenvalue weighted by atomic mass is 10.00. The molecule has 0 spiro atoms. The lowest BCUT2D eigenvalue weighted by Gasteiger charge is -2.35. The molecule has 0 saturated carbocycles. The van der Waals surface area contributed by atoms with E-state index in [4.69, 9.17) is 4.74 Å². The number of carbonyl (C=O) groups is 2. The van der Waals surface area contributed by atoms with Crippen molar-refractivity contribution in [1.82, 2.24) is 30.2 Å². The van der Waals surface area contributed by atoms with Crippen molar-refractivity contribution in [2.45, 2.75) is 58.1 Å². The number of aromatic nitrogens is 4. The standard InChI is InChI=1S/C28H35N7O4/c1-18(2)23(33-26(37)24-25(36)32-22-9-5-4-8-21(22)31-24)27(38)34-14-10-19(11-15-34)39-20-16-29-28(30-17-20)35-12-6-3-7-13-35/h4-5,8-9,16-19,23H,3,6-7,10-15H2,1-2H3,(H,32,36)(H,33,37)/t23-/m0/s1. The normalized spacial score (nSPS) is 17.3. The molecule has 3 aromatic rings. The second kappa shape index (κ2) is 11.8. The van der Waals surface area contributed by atoms with Crippen LogP contribution >= 0.6 is 0 Å². The van der Waals surface area contributed by atoms with Crippen LogP contribution in [0.25, 0.3) is 11.0 Å². The van der Waals surface area contributed by atoms with Gasteiger partial charge < -0.3 is 24.8 Å².